The lowest BCUT2D eigenvalue weighted by atomic mass is 9.83. The number of amides is 3. The average molecular weight is 615 g/mol. The van der Waals surface area contributed by atoms with Crippen LogP contribution in [0.5, 0.6) is 0 Å². The van der Waals surface area contributed by atoms with Gasteiger partial charge < -0.3 is 5.32 Å². The highest BCUT2D eigenvalue weighted by Crippen LogP contribution is 2.53. The number of fused-ring (bicyclic) bond motifs is 2. The first-order chi connectivity index (χ1) is 19.2. The van der Waals surface area contributed by atoms with Crippen LogP contribution < -0.4 is 15.1 Å². The second-order valence-corrected chi connectivity index (χ2v) is 12.3. The van der Waals surface area contributed by atoms with E-state index < -0.39 is 40.6 Å². The van der Waals surface area contributed by atoms with Gasteiger partial charge in [0.25, 0.3) is 0 Å². The molecular formula is C28H18Cl2FN3O4S2. The largest absolute Gasteiger partial charge is 0.325 e. The van der Waals surface area contributed by atoms with Gasteiger partial charge in [-0.05, 0) is 66.2 Å². The third-order valence-electron chi connectivity index (χ3n) is 6.79. The fourth-order valence-electron chi connectivity index (χ4n) is 5.01. The van der Waals surface area contributed by atoms with Crippen molar-refractivity contribution in [2.45, 2.75) is 22.7 Å². The minimum absolute atomic E-state index is 0.268. The number of hydrogen-bond donors (Lipinski definition) is 1. The first kappa shape index (κ1) is 26.8. The number of nitrogens with one attached hydrogen (secondary N) is 1. The Bertz CT molecular complexity index is 1710. The molecule has 3 aromatic carbocycles. The molecule has 1 aromatic heterocycles. The third kappa shape index (κ3) is 4.75. The molecule has 1 N–H and O–H groups in total. The highest BCUT2D eigenvalue weighted by atomic mass is 35.5. The summed E-state index contributed by atoms with van der Waals surface area (Å²) in [5.74, 6) is -3.27. The van der Waals surface area contributed by atoms with E-state index in [0.717, 1.165) is 28.0 Å². The van der Waals surface area contributed by atoms with Gasteiger partial charge in [-0.2, -0.15) is 0 Å². The topological polar surface area (TPSA) is 88.5 Å². The van der Waals surface area contributed by atoms with Crippen LogP contribution in [-0.2, 0) is 20.9 Å². The summed E-state index contributed by atoms with van der Waals surface area (Å²) in [6.07, 6.45) is 0. The van der Waals surface area contributed by atoms with Crippen molar-refractivity contribution >= 4 is 75.4 Å². The van der Waals surface area contributed by atoms with Crippen molar-refractivity contribution in [3.05, 3.63) is 109 Å². The van der Waals surface area contributed by atoms with Gasteiger partial charge in [0.2, 0.25) is 17.7 Å². The molecule has 0 aliphatic carbocycles. The van der Waals surface area contributed by atoms with Crippen molar-refractivity contribution in [1.82, 2.24) is 4.57 Å². The quantitative estimate of drug-likeness (QED) is 0.288. The zero-order valence-electron chi connectivity index (χ0n) is 20.3. The Kier molecular flexibility index (Phi) is 7.03. The predicted molar refractivity (Wildman–Crippen MR) is 154 cm³/mol. The van der Waals surface area contributed by atoms with Crippen molar-refractivity contribution in [1.29, 1.82) is 0 Å². The fraction of sp³-hybridized carbons (Fsp3) is 0.143. The summed E-state index contributed by atoms with van der Waals surface area (Å²) in [5, 5.41) is 3.37. The number of benzene rings is 3. The number of rotatable bonds is 5. The second-order valence-electron chi connectivity index (χ2n) is 9.26. The van der Waals surface area contributed by atoms with E-state index in [0.29, 0.717) is 31.2 Å². The van der Waals surface area contributed by atoms with Crippen LogP contribution in [0, 0.1) is 11.7 Å². The molecule has 12 heteroatoms. The number of aromatic nitrogens is 1. The van der Waals surface area contributed by atoms with Crippen LogP contribution in [0.25, 0.3) is 0 Å². The molecule has 3 heterocycles. The highest BCUT2D eigenvalue weighted by molar-refractivity contribution is 8.00. The smallest absolute Gasteiger partial charge is 0.308 e. The highest BCUT2D eigenvalue weighted by Gasteiger charge is 2.56. The number of thioether (sulfide) groups is 1. The third-order valence-corrected chi connectivity index (χ3v) is 9.90. The summed E-state index contributed by atoms with van der Waals surface area (Å²) in [6, 6.07) is 18.6. The summed E-state index contributed by atoms with van der Waals surface area (Å²) in [7, 11) is 0. The number of carbonyl (C=O) groups is 3. The lowest BCUT2D eigenvalue weighted by Crippen LogP contribution is -2.33. The predicted octanol–water partition coefficient (Wildman–Crippen LogP) is 5.79. The first-order valence-electron chi connectivity index (χ1n) is 12.1. The molecule has 1 fully saturated rings. The Labute approximate surface area is 245 Å². The van der Waals surface area contributed by atoms with E-state index >= 15 is 0 Å². The van der Waals surface area contributed by atoms with Gasteiger partial charge in [-0.1, -0.05) is 58.4 Å². The van der Waals surface area contributed by atoms with Gasteiger partial charge in [0, 0.05) is 26.5 Å². The minimum atomic E-state index is -0.856. The zero-order chi connectivity index (χ0) is 28.1. The van der Waals surface area contributed by atoms with Crippen LogP contribution >= 0.6 is 46.3 Å². The van der Waals surface area contributed by atoms with Crippen molar-refractivity contribution in [3.63, 3.8) is 0 Å². The maximum Gasteiger partial charge on any atom is 0.308 e. The number of halogens is 3. The lowest BCUT2D eigenvalue weighted by Gasteiger charge is -2.30. The van der Waals surface area contributed by atoms with Crippen LogP contribution in [0.4, 0.5) is 15.8 Å². The SMILES string of the molecule is O=C(Cn1c2c(sc1=O)C(c1ccc(Cl)cc1)C1C(=O)N(c3ccc(F)cc3)C(=O)C1S2)Nc1ccc(Cl)cc1. The molecule has 3 unspecified atom stereocenters. The number of thiazole rings is 1. The summed E-state index contributed by atoms with van der Waals surface area (Å²) in [6.45, 7) is -0.283. The summed E-state index contributed by atoms with van der Waals surface area (Å²) >= 11 is 14.1. The molecule has 0 radical (unpaired) electrons. The van der Waals surface area contributed by atoms with Crippen LogP contribution in [0.2, 0.25) is 10.0 Å². The molecule has 40 heavy (non-hydrogen) atoms. The van der Waals surface area contributed by atoms with Gasteiger partial charge in [0.15, 0.2) is 0 Å². The van der Waals surface area contributed by atoms with Crippen molar-refractivity contribution in [2.75, 3.05) is 10.2 Å². The van der Waals surface area contributed by atoms with Gasteiger partial charge in [-0.3, -0.25) is 23.7 Å². The monoisotopic (exact) mass is 613 g/mol. The van der Waals surface area contributed by atoms with E-state index in [1.54, 1.807) is 48.5 Å². The van der Waals surface area contributed by atoms with Gasteiger partial charge in [-0.25, -0.2) is 9.29 Å². The van der Waals surface area contributed by atoms with Crippen molar-refractivity contribution in [3.8, 4) is 0 Å². The Balaban J connectivity index is 1.40. The number of anilines is 2. The molecule has 2 aliphatic heterocycles. The number of hydrogen-bond acceptors (Lipinski definition) is 6. The van der Waals surface area contributed by atoms with E-state index in [1.165, 1.54) is 28.8 Å². The van der Waals surface area contributed by atoms with E-state index in [1.807, 2.05) is 0 Å². The van der Waals surface area contributed by atoms with Crippen LogP contribution in [0.15, 0.2) is 82.6 Å². The zero-order valence-corrected chi connectivity index (χ0v) is 23.5. The Morgan fingerprint density at radius 3 is 2.15 bits per heavy atom. The van der Waals surface area contributed by atoms with Gasteiger partial charge >= 0.3 is 4.87 Å². The molecule has 3 amide bonds. The van der Waals surface area contributed by atoms with E-state index in [2.05, 4.69) is 5.32 Å². The Morgan fingerprint density at radius 2 is 1.50 bits per heavy atom. The maximum absolute atomic E-state index is 13.8. The molecule has 0 bridgehead atoms. The summed E-state index contributed by atoms with van der Waals surface area (Å²) < 4.78 is 14.9. The van der Waals surface area contributed by atoms with Crippen LogP contribution in [0.3, 0.4) is 0 Å². The molecule has 4 aromatic rings. The normalized spacial score (nSPS) is 19.9. The lowest BCUT2D eigenvalue weighted by molar-refractivity contribution is -0.122. The minimum Gasteiger partial charge on any atom is -0.325 e. The van der Waals surface area contributed by atoms with Crippen molar-refractivity contribution in [2.24, 2.45) is 5.92 Å². The molecule has 1 saturated heterocycles. The van der Waals surface area contributed by atoms with Gasteiger partial charge in [-0.15, -0.1) is 0 Å². The molecular weight excluding hydrogens is 596 g/mol. The number of carbonyl (C=O) groups excluding carboxylic acids is 3. The first-order valence-corrected chi connectivity index (χ1v) is 14.5. The van der Waals surface area contributed by atoms with Gasteiger partial charge in [0.1, 0.15) is 17.6 Å². The molecule has 7 nitrogen and oxygen atoms in total. The maximum atomic E-state index is 13.8. The average Bonchev–Trinajstić information content (AvgIpc) is 3.37. The van der Waals surface area contributed by atoms with Crippen molar-refractivity contribution < 1.29 is 18.8 Å². The van der Waals surface area contributed by atoms with Crippen LogP contribution in [0.1, 0.15) is 16.4 Å². The summed E-state index contributed by atoms with van der Waals surface area (Å²) in [4.78, 5) is 54.9. The van der Waals surface area contributed by atoms with E-state index in [9.17, 15) is 23.6 Å². The number of nitrogens with zero attached hydrogens (tertiary/aromatic N) is 2. The molecule has 6 rings (SSSR count). The molecule has 3 atom stereocenters. The second kappa shape index (κ2) is 10.5. The Morgan fingerprint density at radius 1 is 0.875 bits per heavy atom. The summed E-state index contributed by atoms with van der Waals surface area (Å²) in [5.41, 5.74) is 1.50. The molecule has 202 valence electrons. The molecule has 2 aliphatic rings. The number of imide groups is 1. The van der Waals surface area contributed by atoms with Crippen LogP contribution in [-0.4, -0.2) is 27.5 Å². The molecule has 0 spiro atoms. The van der Waals surface area contributed by atoms with Gasteiger partial charge in [0.05, 0.1) is 16.6 Å². The van der Waals surface area contributed by atoms with E-state index in [-0.39, 0.29) is 17.1 Å². The molecule has 0 saturated carbocycles. The Hall–Kier alpha value is -3.44. The standard InChI is InChI=1S/C28H18Cl2FN3O4S2/c29-15-3-1-14(2-4-15)21-22-23(26(37)34(25(22)36)19-11-7-17(31)8-12-19)39-27-24(21)40-28(38)33(27)13-20(35)32-18-9-5-16(30)6-10-18/h1-12,21-23H,13H2,(H,32,35). The fourth-order valence-corrected chi connectivity index (χ4v) is 8.03. The van der Waals surface area contributed by atoms with E-state index in [4.69, 9.17) is 23.2 Å².